The Morgan fingerprint density at radius 2 is 2.41 bits per heavy atom. The summed E-state index contributed by atoms with van der Waals surface area (Å²) in [6, 6.07) is 0.0381. The van der Waals surface area contributed by atoms with Gasteiger partial charge in [-0.2, -0.15) is 0 Å². The first-order valence-corrected chi connectivity index (χ1v) is 6.97. The van der Waals surface area contributed by atoms with Crippen molar-refractivity contribution in [3.63, 3.8) is 0 Å². The zero-order valence-corrected chi connectivity index (χ0v) is 11.0. The summed E-state index contributed by atoms with van der Waals surface area (Å²) < 4.78 is 0. The Hall–Kier alpha value is -0.750. The highest BCUT2D eigenvalue weighted by molar-refractivity contribution is 8.13. The Morgan fingerprint density at radius 1 is 1.65 bits per heavy atom. The van der Waals surface area contributed by atoms with E-state index in [-0.39, 0.29) is 23.8 Å². The Labute approximate surface area is 106 Å². The van der Waals surface area contributed by atoms with Gasteiger partial charge in [0.15, 0.2) is 0 Å². The van der Waals surface area contributed by atoms with Crippen LogP contribution in [0.2, 0.25) is 0 Å². The Morgan fingerprint density at radius 3 is 2.94 bits per heavy atom. The fraction of sp³-hybridized carbons (Fsp3) is 0.818. The van der Waals surface area contributed by atoms with Crippen LogP contribution in [0.25, 0.3) is 0 Å². The van der Waals surface area contributed by atoms with Crippen LogP contribution in [0.15, 0.2) is 0 Å². The Bertz CT molecular complexity index is 273. The van der Waals surface area contributed by atoms with Gasteiger partial charge >= 0.3 is 0 Å². The van der Waals surface area contributed by atoms with E-state index in [1.54, 1.807) is 4.90 Å². The zero-order chi connectivity index (χ0) is 12.7. The van der Waals surface area contributed by atoms with Gasteiger partial charge in [0.25, 0.3) is 5.24 Å². The van der Waals surface area contributed by atoms with Gasteiger partial charge in [0.2, 0.25) is 5.91 Å². The minimum Gasteiger partial charge on any atom is -0.396 e. The molecule has 0 aliphatic carbocycles. The number of aliphatic hydroxyl groups excluding tert-OH is 1. The normalized spacial score (nSPS) is 17.3. The van der Waals surface area contributed by atoms with Crippen molar-refractivity contribution in [3.8, 4) is 0 Å². The van der Waals surface area contributed by atoms with Gasteiger partial charge in [0.1, 0.15) is 0 Å². The number of nitrogens with one attached hydrogen (secondary N) is 1. The lowest BCUT2D eigenvalue weighted by molar-refractivity contribution is -0.122. The second-order valence-corrected chi connectivity index (χ2v) is 5.08. The quantitative estimate of drug-likeness (QED) is 0.711. The van der Waals surface area contributed by atoms with Gasteiger partial charge in [-0.1, -0.05) is 18.7 Å². The molecule has 0 aromatic carbocycles. The number of amides is 2. The molecule has 0 aromatic rings. The van der Waals surface area contributed by atoms with Crippen molar-refractivity contribution in [2.75, 3.05) is 25.4 Å². The standard InChI is InChI=1S/C11H20N2O3S/c1-2-9(4-7-14)12-10(15)3-5-13-6-8-17-11(13)16/h9,14H,2-8H2,1H3,(H,12,15). The number of nitrogens with zero attached hydrogens (tertiary/aromatic N) is 1. The van der Waals surface area contributed by atoms with Crippen molar-refractivity contribution >= 4 is 22.9 Å². The number of aliphatic hydroxyl groups is 1. The molecule has 1 aliphatic heterocycles. The fourth-order valence-corrected chi connectivity index (χ4v) is 2.55. The van der Waals surface area contributed by atoms with E-state index in [9.17, 15) is 9.59 Å². The van der Waals surface area contributed by atoms with Gasteiger partial charge < -0.3 is 15.3 Å². The van der Waals surface area contributed by atoms with Crippen molar-refractivity contribution < 1.29 is 14.7 Å². The third-order valence-corrected chi connectivity index (χ3v) is 3.68. The summed E-state index contributed by atoms with van der Waals surface area (Å²) in [6.07, 6.45) is 1.74. The van der Waals surface area contributed by atoms with E-state index < -0.39 is 0 Å². The van der Waals surface area contributed by atoms with E-state index in [2.05, 4.69) is 5.32 Å². The molecule has 6 heteroatoms. The summed E-state index contributed by atoms with van der Waals surface area (Å²) >= 11 is 1.31. The van der Waals surface area contributed by atoms with E-state index in [4.69, 9.17) is 5.11 Å². The molecule has 1 unspecified atom stereocenters. The van der Waals surface area contributed by atoms with Gasteiger partial charge in [-0.15, -0.1) is 0 Å². The zero-order valence-electron chi connectivity index (χ0n) is 10.1. The van der Waals surface area contributed by atoms with Crippen LogP contribution in [-0.4, -0.2) is 52.6 Å². The molecule has 1 atom stereocenters. The summed E-state index contributed by atoms with van der Waals surface area (Å²) in [7, 11) is 0. The third kappa shape index (κ3) is 4.95. The summed E-state index contributed by atoms with van der Waals surface area (Å²) in [4.78, 5) is 24.6. The fourth-order valence-electron chi connectivity index (χ4n) is 1.70. The molecule has 98 valence electrons. The summed E-state index contributed by atoms with van der Waals surface area (Å²) in [5.74, 6) is 0.776. The maximum atomic E-state index is 11.6. The molecule has 0 aromatic heterocycles. The molecule has 5 nitrogen and oxygen atoms in total. The van der Waals surface area contributed by atoms with Crippen LogP contribution < -0.4 is 5.32 Å². The van der Waals surface area contributed by atoms with Crippen molar-refractivity contribution in [2.45, 2.75) is 32.2 Å². The van der Waals surface area contributed by atoms with Crippen molar-refractivity contribution in [1.82, 2.24) is 10.2 Å². The number of carbonyl (C=O) groups excluding carboxylic acids is 2. The average Bonchev–Trinajstić information content (AvgIpc) is 2.71. The van der Waals surface area contributed by atoms with Gasteiger partial charge in [-0.05, 0) is 12.8 Å². The lowest BCUT2D eigenvalue weighted by atomic mass is 10.1. The largest absolute Gasteiger partial charge is 0.396 e. The molecule has 17 heavy (non-hydrogen) atoms. The summed E-state index contributed by atoms with van der Waals surface area (Å²) in [5.41, 5.74) is 0. The predicted octanol–water partition coefficient (Wildman–Crippen LogP) is 0.823. The maximum Gasteiger partial charge on any atom is 0.281 e. The SMILES string of the molecule is CCC(CCO)NC(=O)CCN1CCSC1=O. The molecule has 1 fully saturated rings. The van der Waals surface area contributed by atoms with Crippen LogP contribution in [0.3, 0.4) is 0 Å². The van der Waals surface area contributed by atoms with Crippen LogP contribution in [0.5, 0.6) is 0 Å². The van der Waals surface area contributed by atoms with E-state index >= 15 is 0 Å². The summed E-state index contributed by atoms with van der Waals surface area (Å²) in [6.45, 7) is 3.29. The van der Waals surface area contributed by atoms with Crippen molar-refractivity contribution in [1.29, 1.82) is 0 Å². The van der Waals surface area contributed by atoms with Gasteiger partial charge in [0.05, 0.1) is 0 Å². The number of hydrogen-bond donors (Lipinski definition) is 2. The smallest absolute Gasteiger partial charge is 0.281 e. The first kappa shape index (κ1) is 14.3. The molecule has 0 spiro atoms. The van der Waals surface area contributed by atoms with E-state index in [0.29, 0.717) is 19.4 Å². The van der Waals surface area contributed by atoms with Crippen LogP contribution in [0, 0.1) is 0 Å². The Kier molecular flexibility index (Phi) is 6.36. The first-order valence-electron chi connectivity index (χ1n) is 5.99. The average molecular weight is 260 g/mol. The molecule has 1 rings (SSSR count). The lowest BCUT2D eigenvalue weighted by Gasteiger charge is -2.18. The number of thioether (sulfide) groups is 1. The first-order chi connectivity index (χ1) is 8.17. The topological polar surface area (TPSA) is 69.6 Å². The Balaban J connectivity index is 2.22. The third-order valence-electron chi connectivity index (χ3n) is 2.79. The number of carbonyl (C=O) groups is 2. The van der Waals surface area contributed by atoms with Gasteiger partial charge in [0, 0.05) is 37.9 Å². The van der Waals surface area contributed by atoms with Crippen LogP contribution in [-0.2, 0) is 4.79 Å². The maximum absolute atomic E-state index is 11.6. The highest BCUT2D eigenvalue weighted by Crippen LogP contribution is 2.16. The van der Waals surface area contributed by atoms with E-state index in [0.717, 1.165) is 18.7 Å². The molecule has 0 saturated carbocycles. The van der Waals surface area contributed by atoms with E-state index in [1.807, 2.05) is 6.92 Å². The van der Waals surface area contributed by atoms with Gasteiger partial charge in [-0.3, -0.25) is 9.59 Å². The highest BCUT2D eigenvalue weighted by atomic mass is 32.2. The van der Waals surface area contributed by atoms with E-state index in [1.165, 1.54) is 11.8 Å². The van der Waals surface area contributed by atoms with Crippen molar-refractivity contribution in [2.24, 2.45) is 0 Å². The molecule has 0 bridgehead atoms. The minimum absolute atomic E-state index is 0.0381. The molecule has 2 amide bonds. The van der Waals surface area contributed by atoms with Crippen molar-refractivity contribution in [3.05, 3.63) is 0 Å². The molecular formula is C11H20N2O3S. The second kappa shape index (κ2) is 7.55. The second-order valence-electron chi connectivity index (χ2n) is 4.04. The predicted molar refractivity (Wildman–Crippen MR) is 68.0 cm³/mol. The minimum atomic E-state index is -0.0463. The summed E-state index contributed by atoms with van der Waals surface area (Å²) in [5, 5.41) is 11.7. The molecule has 1 aliphatic rings. The van der Waals surface area contributed by atoms with Crippen LogP contribution in [0.1, 0.15) is 26.2 Å². The molecule has 1 saturated heterocycles. The van der Waals surface area contributed by atoms with Gasteiger partial charge in [-0.25, -0.2) is 0 Å². The highest BCUT2D eigenvalue weighted by Gasteiger charge is 2.21. The monoisotopic (exact) mass is 260 g/mol. The molecule has 2 N–H and O–H groups in total. The molecule has 1 heterocycles. The van der Waals surface area contributed by atoms with Crippen LogP contribution >= 0.6 is 11.8 Å². The number of rotatable bonds is 7. The van der Waals surface area contributed by atoms with Crippen LogP contribution in [0.4, 0.5) is 4.79 Å². The molecular weight excluding hydrogens is 240 g/mol. The number of hydrogen-bond acceptors (Lipinski definition) is 4. The lowest BCUT2D eigenvalue weighted by Crippen LogP contribution is -2.37. The molecule has 0 radical (unpaired) electrons.